The van der Waals surface area contributed by atoms with Gasteiger partial charge in [-0.15, -0.1) is 0 Å². The summed E-state index contributed by atoms with van der Waals surface area (Å²) in [4.78, 5) is 18.6. The van der Waals surface area contributed by atoms with E-state index in [0.717, 1.165) is 42.3 Å². The lowest BCUT2D eigenvalue weighted by Crippen LogP contribution is -2.28. The van der Waals surface area contributed by atoms with Crippen LogP contribution in [0.3, 0.4) is 0 Å². The Kier molecular flexibility index (Phi) is 5.07. The monoisotopic (exact) mass is 271 g/mol. The Hall–Kier alpha value is -1.94. The third kappa shape index (κ3) is 3.33. The van der Waals surface area contributed by atoms with Gasteiger partial charge >= 0.3 is 0 Å². The van der Waals surface area contributed by atoms with Crippen molar-refractivity contribution in [2.45, 2.75) is 19.3 Å². The van der Waals surface area contributed by atoms with Gasteiger partial charge in [-0.1, -0.05) is 24.6 Å². The Bertz CT molecular complexity index is 577. The molecule has 0 bridgehead atoms. The van der Waals surface area contributed by atoms with Gasteiger partial charge in [-0.2, -0.15) is 0 Å². The third-order valence-electron chi connectivity index (χ3n) is 3.42. The molecule has 1 amide bonds. The molecule has 106 valence electrons. The number of amides is 1. The quantitative estimate of drug-likeness (QED) is 0.821. The number of nitrogens with two attached hydrogens (primary N) is 1. The Labute approximate surface area is 119 Å². The summed E-state index contributed by atoms with van der Waals surface area (Å²) in [7, 11) is 1.85. The van der Waals surface area contributed by atoms with Gasteiger partial charge in [0.2, 0.25) is 0 Å². The number of carbonyl (C=O) groups is 1. The number of nitrogens with zero attached hydrogens (tertiary/aromatic N) is 2. The minimum absolute atomic E-state index is 0.0522. The highest BCUT2D eigenvalue weighted by Gasteiger charge is 2.14. The summed E-state index contributed by atoms with van der Waals surface area (Å²) in [6.07, 6.45) is 4.76. The van der Waals surface area contributed by atoms with Crippen LogP contribution in [0.25, 0.3) is 10.9 Å². The molecule has 0 aliphatic carbocycles. The predicted molar refractivity (Wildman–Crippen MR) is 81.6 cm³/mol. The van der Waals surface area contributed by atoms with Crippen LogP contribution in [0.1, 0.15) is 29.6 Å². The van der Waals surface area contributed by atoms with Gasteiger partial charge in [0.25, 0.3) is 5.91 Å². The standard InChI is InChI=1S/C16H21N3O/c1-19(12-6-2-5-10-17)16(20)14-9-11-18-15-8-4-3-7-13(14)15/h3-4,7-9,11H,2,5-6,10,12,17H2,1H3. The number of hydrogen-bond donors (Lipinski definition) is 1. The molecule has 2 rings (SSSR count). The lowest BCUT2D eigenvalue weighted by Gasteiger charge is -2.18. The van der Waals surface area contributed by atoms with Crippen molar-refractivity contribution in [3.8, 4) is 0 Å². The Balaban J connectivity index is 2.10. The molecule has 1 heterocycles. The molecule has 0 fully saturated rings. The molecule has 0 atom stereocenters. The normalized spacial score (nSPS) is 10.7. The zero-order chi connectivity index (χ0) is 14.4. The van der Waals surface area contributed by atoms with Crippen molar-refractivity contribution in [2.75, 3.05) is 20.1 Å². The van der Waals surface area contributed by atoms with Gasteiger partial charge in [0.05, 0.1) is 11.1 Å². The van der Waals surface area contributed by atoms with Crippen LogP contribution in [-0.2, 0) is 0 Å². The summed E-state index contributed by atoms with van der Waals surface area (Å²) in [6.45, 7) is 1.47. The molecule has 0 unspecified atom stereocenters. The lowest BCUT2D eigenvalue weighted by atomic mass is 10.1. The topological polar surface area (TPSA) is 59.2 Å². The first kappa shape index (κ1) is 14.5. The fourth-order valence-electron chi connectivity index (χ4n) is 2.26. The molecule has 0 aliphatic rings. The average molecular weight is 271 g/mol. The van der Waals surface area contributed by atoms with Crippen molar-refractivity contribution in [3.05, 3.63) is 42.1 Å². The number of fused-ring (bicyclic) bond motifs is 1. The van der Waals surface area contributed by atoms with Crippen molar-refractivity contribution < 1.29 is 4.79 Å². The minimum atomic E-state index is 0.0522. The molecule has 0 saturated carbocycles. The molecule has 1 aromatic heterocycles. The van der Waals surface area contributed by atoms with Crippen LogP contribution in [0, 0.1) is 0 Å². The maximum atomic E-state index is 12.5. The fourth-order valence-corrected chi connectivity index (χ4v) is 2.26. The number of unbranched alkanes of at least 4 members (excludes halogenated alkanes) is 2. The molecule has 20 heavy (non-hydrogen) atoms. The zero-order valence-corrected chi connectivity index (χ0v) is 11.9. The zero-order valence-electron chi connectivity index (χ0n) is 11.9. The molecule has 0 radical (unpaired) electrons. The van der Waals surface area contributed by atoms with Gasteiger partial charge in [0, 0.05) is 25.2 Å². The maximum absolute atomic E-state index is 12.5. The van der Waals surface area contributed by atoms with E-state index in [0.29, 0.717) is 6.54 Å². The van der Waals surface area contributed by atoms with Crippen molar-refractivity contribution >= 4 is 16.8 Å². The van der Waals surface area contributed by atoms with Crippen molar-refractivity contribution in [1.82, 2.24) is 9.88 Å². The third-order valence-corrected chi connectivity index (χ3v) is 3.42. The number of para-hydroxylation sites is 1. The number of hydrogen-bond acceptors (Lipinski definition) is 3. The summed E-state index contributed by atoms with van der Waals surface area (Å²) in [5, 5.41) is 0.911. The molecule has 1 aromatic carbocycles. The van der Waals surface area contributed by atoms with E-state index in [1.807, 2.05) is 31.3 Å². The van der Waals surface area contributed by atoms with E-state index in [4.69, 9.17) is 5.73 Å². The molecule has 2 N–H and O–H groups in total. The minimum Gasteiger partial charge on any atom is -0.342 e. The Morgan fingerprint density at radius 1 is 1.20 bits per heavy atom. The molecule has 4 heteroatoms. The SMILES string of the molecule is CN(CCCCCN)C(=O)c1ccnc2ccccc12. The van der Waals surface area contributed by atoms with Gasteiger partial charge in [0.15, 0.2) is 0 Å². The molecular weight excluding hydrogens is 250 g/mol. The van der Waals surface area contributed by atoms with Crippen molar-refractivity contribution in [1.29, 1.82) is 0 Å². The van der Waals surface area contributed by atoms with E-state index in [1.54, 1.807) is 17.2 Å². The second-order valence-electron chi connectivity index (χ2n) is 4.95. The summed E-state index contributed by atoms with van der Waals surface area (Å²) in [5.74, 6) is 0.0522. The summed E-state index contributed by atoms with van der Waals surface area (Å²) < 4.78 is 0. The van der Waals surface area contributed by atoms with Gasteiger partial charge in [0.1, 0.15) is 0 Å². The van der Waals surface area contributed by atoms with Crippen LogP contribution < -0.4 is 5.73 Å². The molecule has 0 aliphatic heterocycles. The first-order valence-electron chi connectivity index (χ1n) is 7.03. The summed E-state index contributed by atoms with van der Waals surface area (Å²) in [5.41, 5.74) is 7.05. The smallest absolute Gasteiger partial charge is 0.254 e. The molecule has 0 saturated heterocycles. The summed E-state index contributed by atoms with van der Waals surface area (Å²) >= 11 is 0. The van der Waals surface area contributed by atoms with Gasteiger partial charge in [-0.3, -0.25) is 9.78 Å². The van der Waals surface area contributed by atoms with E-state index in [9.17, 15) is 4.79 Å². The van der Waals surface area contributed by atoms with Gasteiger partial charge in [-0.25, -0.2) is 0 Å². The van der Waals surface area contributed by atoms with Crippen LogP contribution in [0.15, 0.2) is 36.5 Å². The number of aromatic nitrogens is 1. The largest absolute Gasteiger partial charge is 0.342 e. The first-order valence-corrected chi connectivity index (χ1v) is 7.03. The Morgan fingerprint density at radius 3 is 2.80 bits per heavy atom. The van der Waals surface area contributed by atoms with E-state index in [2.05, 4.69) is 4.98 Å². The second kappa shape index (κ2) is 7.01. The predicted octanol–water partition coefficient (Wildman–Crippen LogP) is 2.44. The maximum Gasteiger partial charge on any atom is 0.254 e. The van der Waals surface area contributed by atoms with Crippen LogP contribution in [0.5, 0.6) is 0 Å². The average Bonchev–Trinajstić information content (AvgIpc) is 2.50. The highest BCUT2D eigenvalue weighted by molar-refractivity contribution is 6.05. The lowest BCUT2D eigenvalue weighted by molar-refractivity contribution is 0.0794. The van der Waals surface area contributed by atoms with E-state index in [1.165, 1.54) is 0 Å². The molecule has 4 nitrogen and oxygen atoms in total. The summed E-state index contributed by atoms with van der Waals surface area (Å²) in [6, 6.07) is 9.52. The van der Waals surface area contributed by atoms with Crippen LogP contribution in [-0.4, -0.2) is 35.9 Å². The van der Waals surface area contributed by atoms with Crippen molar-refractivity contribution in [3.63, 3.8) is 0 Å². The van der Waals surface area contributed by atoms with Crippen LogP contribution in [0.4, 0.5) is 0 Å². The highest BCUT2D eigenvalue weighted by atomic mass is 16.2. The van der Waals surface area contributed by atoms with Gasteiger partial charge in [-0.05, 0) is 31.5 Å². The number of pyridine rings is 1. The molecule has 0 spiro atoms. The van der Waals surface area contributed by atoms with Gasteiger partial charge < -0.3 is 10.6 Å². The second-order valence-corrected chi connectivity index (χ2v) is 4.95. The van der Waals surface area contributed by atoms with Crippen LogP contribution in [0.2, 0.25) is 0 Å². The van der Waals surface area contributed by atoms with E-state index in [-0.39, 0.29) is 5.91 Å². The number of benzene rings is 1. The van der Waals surface area contributed by atoms with E-state index >= 15 is 0 Å². The Morgan fingerprint density at radius 2 is 2.00 bits per heavy atom. The highest BCUT2D eigenvalue weighted by Crippen LogP contribution is 2.17. The van der Waals surface area contributed by atoms with Crippen LogP contribution >= 0.6 is 0 Å². The number of carbonyl (C=O) groups excluding carboxylic acids is 1. The van der Waals surface area contributed by atoms with E-state index < -0.39 is 0 Å². The fraction of sp³-hybridized carbons (Fsp3) is 0.375. The first-order chi connectivity index (χ1) is 9.74. The number of rotatable bonds is 6. The molecule has 2 aromatic rings. The molecular formula is C16H21N3O. The van der Waals surface area contributed by atoms with Crippen molar-refractivity contribution in [2.24, 2.45) is 5.73 Å².